The van der Waals surface area contributed by atoms with Crippen molar-refractivity contribution in [1.82, 2.24) is 14.1 Å². The second-order valence-corrected chi connectivity index (χ2v) is 7.84. The number of carbonyl (C=O) groups excluding carboxylic acids is 1. The van der Waals surface area contributed by atoms with Crippen molar-refractivity contribution in [1.29, 1.82) is 0 Å². The van der Waals surface area contributed by atoms with E-state index in [1.807, 2.05) is 0 Å². The van der Waals surface area contributed by atoms with Gasteiger partial charge in [-0.05, 0) is 50.1 Å². The molecule has 0 bridgehead atoms. The number of hydrogen-bond acceptors (Lipinski definition) is 5. The van der Waals surface area contributed by atoms with Gasteiger partial charge in [0.1, 0.15) is 0 Å². The molecule has 0 N–H and O–H groups in total. The number of aromatic nitrogens is 2. The summed E-state index contributed by atoms with van der Waals surface area (Å²) in [7, 11) is -3.63. The summed E-state index contributed by atoms with van der Waals surface area (Å²) in [6, 6.07) is 8.37. The zero-order chi connectivity index (χ0) is 17.9. The molecule has 2 heterocycles. The van der Waals surface area contributed by atoms with Gasteiger partial charge in [0.2, 0.25) is 10.0 Å². The van der Waals surface area contributed by atoms with Gasteiger partial charge >= 0.3 is 5.97 Å². The monoisotopic (exact) mass is 363 g/mol. The van der Waals surface area contributed by atoms with E-state index in [9.17, 15) is 13.2 Å². The third-order valence-electron chi connectivity index (χ3n) is 4.25. The number of benzene rings is 1. The van der Waals surface area contributed by atoms with Gasteiger partial charge in [-0.2, -0.15) is 9.40 Å². The zero-order valence-corrected chi connectivity index (χ0v) is 14.9. The molecule has 3 rings (SSSR count). The minimum atomic E-state index is -3.63. The lowest BCUT2D eigenvalue weighted by Crippen LogP contribution is -2.42. The molecule has 1 aromatic carbocycles. The van der Waals surface area contributed by atoms with E-state index in [-0.39, 0.29) is 17.4 Å². The van der Waals surface area contributed by atoms with Crippen LogP contribution in [0, 0.1) is 5.92 Å². The van der Waals surface area contributed by atoms with E-state index < -0.39 is 15.9 Å². The fourth-order valence-electron chi connectivity index (χ4n) is 2.95. The molecule has 7 nitrogen and oxygen atoms in total. The third kappa shape index (κ3) is 3.74. The highest BCUT2D eigenvalue weighted by atomic mass is 32.2. The van der Waals surface area contributed by atoms with E-state index in [4.69, 9.17) is 4.74 Å². The van der Waals surface area contributed by atoms with E-state index >= 15 is 0 Å². The standard InChI is InChI=1S/C17H21N3O4S/c1-2-24-17(21)14-5-3-11-19(13-14)25(22,23)16-8-6-15(7-9-16)20-12-4-10-18-20/h4,6-10,12,14H,2-3,5,11,13H2,1H3. The zero-order valence-electron chi connectivity index (χ0n) is 14.0. The van der Waals surface area contributed by atoms with Crippen LogP contribution in [0.3, 0.4) is 0 Å². The summed E-state index contributed by atoms with van der Waals surface area (Å²) in [5.41, 5.74) is 0.784. The molecule has 1 saturated heterocycles. The quantitative estimate of drug-likeness (QED) is 0.757. The number of piperidine rings is 1. The van der Waals surface area contributed by atoms with Gasteiger partial charge in [0.25, 0.3) is 0 Å². The number of rotatable bonds is 5. The summed E-state index contributed by atoms with van der Waals surface area (Å²) in [4.78, 5) is 12.1. The van der Waals surface area contributed by atoms with Crippen LogP contribution < -0.4 is 0 Å². The highest BCUT2D eigenvalue weighted by molar-refractivity contribution is 7.89. The Kier molecular flexibility index (Phi) is 5.19. The topological polar surface area (TPSA) is 81.5 Å². The Morgan fingerprint density at radius 2 is 2.08 bits per heavy atom. The van der Waals surface area contributed by atoms with Crippen molar-refractivity contribution in [3.05, 3.63) is 42.7 Å². The van der Waals surface area contributed by atoms with E-state index in [2.05, 4.69) is 5.10 Å². The molecule has 25 heavy (non-hydrogen) atoms. The number of ether oxygens (including phenoxy) is 1. The molecule has 1 aliphatic heterocycles. The third-order valence-corrected chi connectivity index (χ3v) is 6.13. The lowest BCUT2D eigenvalue weighted by molar-refractivity contribution is -0.149. The maximum Gasteiger partial charge on any atom is 0.310 e. The Morgan fingerprint density at radius 3 is 2.72 bits per heavy atom. The molecule has 0 saturated carbocycles. The fraction of sp³-hybridized carbons (Fsp3) is 0.412. The highest BCUT2D eigenvalue weighted by Crippen LogP contribution is 2.25. The Morgan fingerprint density at radius 1 is 1.32 bits per heavy atom. The van der Waals surface area contributed by atoms with Crippen molar-refractivity contribution >= 4 is 16.0 Å². The number of hydrogen-bond donors (Lipinski definition) is 0. The normalized spacial score (nSPS) is 18.8. The van der Waals surface area contributed by atoms with Gasteiger partial charge in [-0.15, -0.1) is 0 Å². The number of nitrogens with zero attached hydrogens (tertiary/aromatic N) is 3. The van der Waals surface area contributed by atoms with E-state index in [1.54, 1.807) is 54.3 Å². The Balaban J connectivity index is 1.77. The first kappa shape index (κ1) is 17.6. The van der Waals surface area contributed by atoms with Crippen LogP contribution >= 0.6 is 0 Å². The summed E-state index contributed by atoms with van der Waals surface area (Å²) in [5, 5.41) is 4.12. The van der Waals surface area contributed by atoms with Gasteiger partial charge in [0, 0.05) is 25.5 Å². The van der Waals surface area contributed by atoms with Gasteiger partial charge in [0.15, 0.2) is 0 Å². The summed E-state index contributed by atoms with van der Waals surface area (Å²) < 4.78 is 33.8. The van der Waals surface area contributed by atoms with Crippen LogP contribution in [0.15, 0.2) is 47.6 Å². The van der Waals surface area contributed by atoms with Crippen LogP contribution in [0.4, 0.5) is 0 Å². The smallest absolute Gasteiger partial charge is 0.310 e. The first-order valence-electron chi connectivity index (χ1n) is 8.29. The van der Waals surface area contributed by atoms with Crippen molar-refractivity contribution in [3.8, 4) is 5.69 Å². The number of sulfonamides is 1. The predicted molar refractivity (Wildman–Crippen MR) is 91.7 cm³/mol. The highest BCUT2D eigenvalue weighted by Gasteiger charge is 2.33. The average Bonchev–Trinajstić information content (AvgIpc) is 3.17. The SMILES string of the molecule is CCOC(=O)C1CCCN(S(=O)(=O)c2ccc(-n3cccn3)cc2)C1. The minimum absolute atomic E-state index is 0.169. The molecule has 2 aromatic rings. The molecule has 1 unspecified atom stereocenters. The average molecular weight is 363 g/mol. The van der Waals surface area contributed by atoms with Crippen molar-refractivity contribution in [2.45, 2.75) is 24.7 Å². The maximum absolute atomic E-state index is 12.9. The first-order valence-corrected chi connectivity index (χ1v) is 9.73. The summed E-state index contributed by atoms with van der Waals surface area (Å²) in [6.07, 6.45) is 4.75. The van der Waals surface area contributed by atoms with Crippen LogP contribution in [0.5, 0.6) is 0 Å². The lowest BCUT2D eigenvalue weighted by Gasteiger charge is -2.30. The minimum Gasteiger partial charge on any atom is -0.466 e. The molecule has 1 aromatic heterocycles. The fourth-order valence-corrected chi connectivity index (χ4v) is 4.48. The molecule has 1 aliphatic rings. The molecule has 8 heteroatoms. The molecule has 0 spiro atoms. The van der Waals surface area contributed by atoms with Crippen LogP contribution in [-0.2, 0) is 19.6 Å². The summed E-state index contributed by atoms with van der Waals surface area (Å²) in [5.74, 6) is -0.719. The molecule has 1 fully saturated rings. The molecular weight excluding hydrogens is 342 g/mol. The Hall–Kier alpha value is -2.19. The van der Waals surface area contributed by atoms with E-state index in [0.717, 1.165) is 5.69 Å². The van der Waals surface area contributed by atoms with Crippen molar-refractivity contribution in [3.63, 3.8) is 0 Å². The van der Waals surface area contributed by atoms with Gasteiger partial charge in [-0.25, -0.2) is 13.1 Å². The van der Waals surface area contributed by atoms with E-state index in [1.165, 1.54) is 4.31 Å². The summed E-state index contributed by atoms with van der Waals surface area (Å²) in [6.45, 7) is 2.63. The van der Waals surface area contributed by atoms with Gasteiger partial charge < -0.3 is 4.74 Å². The largest absolute Gasteiger partial charge is 0.466 e. The molecular formula is C17H21N3O4S. The summed E-state index contributed by atoms with van der Waals surface area (Å²) >= 11 is 0. The lowest BCUT2D eigenvalue weighted by atomic mass is 10.0. The van der Waals surface area contributed by atoms with E-state index in [0.29, 0.717) is 26.0 Å². The van der Waals surface area contributed by atoms with Crippen LogP contribution in [0.1, 0.15) is 19.8 Å². The first-order chi connectivity index (χ1) is 12.0. The molecule has 0 amide bonds. The Labute approximate surface area is 147 Å². The van der Waals surface area contributed by atoms with Crippen molar-refractivity contribution < 1.29 is 17.9 Å². The number of esters is 1. The molecule has 1 atom stereocenters. The van der Waals surface area contributed by atoms with Crippen LogP contribution in [-0.4, -0.2) is 48.2 Å². The van der Waals surface area contributed by atoms with Crippen molar-refractivity contribution in [2.24, 2.45) is 5.92 Å². The van der Waals surface area contributed by atoms with Crippen LogP contribution in [0.2, 0.25) is 0 Å². The second kappa shape index (κ2) is 7.37. The van der Waals surface area contributed by atoms with Crippen LogP contribution in [0.25, 0.3) is 5.69 Å². The van der Waals surface area contributed by atoms with Gasteiger partial charge in [-0.3, -0.25) is 4.79 Å². The molecule has 0 aliphatic carbocycles. The maximum atomic E-state index is 12.9. The second-order valence-electron chi connectivity index (χ2n) is 5.90. The predicted octanol–water partition coefficient (Wildman–Crippen LogP) is 1.84. The molecule has 0 radical (unpaired) electrons. The van der Waals surface area contributed by atoms with Gasteiger partial charge in [0.05, 0.1) is 23.1 Å². The molecule has 134 valence electrons. The van der Waals surface area contributed by atoms with Crippen molar-refractivity contribution in [2.75, 3.05) is 19.7 Å². The number of carbonyl (C=O) groups is 1. The van der Waals surface area contributed by atoms with Gasteiger partial charge in [-0.1, -0.05) is 0 Å². The Bertz CT molecular complexity index is 816.